The van der Waals surface area contributed by atoms with Crippen molar-refractivity contribution in [2.24, 2.45) is 5.73 Å². The average molecular weight is 515 g/mol. The van der Waals surface area contributed by atoms with Gasteiger partial charge in [0.2, 0.25) is 15.9 Å². The zero-order chi connectivity index (χ0) is 25.3. The van der Waals surface area contributed by atoms with Crippen molar-refractivity contribution >= 4 is 50.1 Å². The van der Waals surface area contributed by atoms with Crippen LogP contribution in [0.2, 0.25) is 5.02 Å². The van der Waals surface area contributed by atoms with Crippen LogP contribution in [0.3, 0.4) is 0 Å². The van der Waals surface area contributed by atoms with Crippen LogP contribution in [0, 0.1) is 5.41 Å². The summed E-state index contributed by atoms with van der Waals surface area (Å²) in [7, 11) is -2.73. The lowest BCUT2D eigenvalue weighted by molar-refractivity contribution is -0.154. The highest BCUT2D eigenvalue weighted by molar-refractivity contribution is 7.89. The number of benzene rings is 3. The van der Waals surface area contributed by atoms with Crippen LogP contribution >= 0.6 is 11.6 Å². The molecule has 3 aromatic rings. The number of amidine groups is 1. The lowest BCUT2D eigenvalue weighted by Crippen LogP contribution is -2.54. The van der Waals surface area contributed by atoms with Gasteiger partial charge in [-0.05, 0) is 40.6 Å². The molecule has 1 aliphatic rings. The highest BCUT2D eigenvalue weighted by Gasteiger charge is 2.39. The van der Waals surface area contributed by atoms with Gasteiger partial charge >= 0.3 is 5.97 Å². The van der Waals surface area contributed by atoms with Crippen LogP contribution < -0.4 is 5.73 Å². The Bertz CT molecular complexity index is 1430. The van der Waals surface area contributed by atoms with Gasteiger partial charge in [0, 0.05) is 23.7 Å². The summed E-state index contributed by atoms with van der Waals surface area (Å²) in [6.45, 7) is -0.415. The van der Waals surface area contributed by atoms with Gasteiger partial charge in [-0.2, -0.15) is 4.31 Å². The molecule has 3 N–H and O–H groups in total. The van der Waals surface area contributed by atoms with Crippen LogP contribution in [-0.2, 0) is 24.3 Å². The first-order valence-corrected chi connectivity index (χ1v) is 12.4. The van der Waals surface area contributed by atoms with Crippen molar-refractivity contribution < 1.29 is 22.7 Å². The van der Waals surface area contributed by atoms with E-state index in [1.807, 2.05) is 0 Å². The Morgan fingerprint density at radius 3 is 2.34 bits per heavy atom. The van der Waals surface area contributed by atoms with Gasteiger partial charge in [-0.25, -0.2) is 13.2 Å². The second kappa shape index (κ2) is 9.65. The Balaban J connectivity index is 1.58. The van der Waals surface area contributed by atoms with Crippen LogP contribution in [0.15, 0.2) is 65.6 Å². The molecular formula is C24H23ClN4O5S. The van der Waals surface area contributed by atoms with E-state index in [1.54, 1.807) is 54.6 Å². The zero-order valence-electron chi connectivity index (χ0n) is 18.8. The number of carbonyl (C=O) groups excluding carboxylic acids is 2. The topological polar surface area (TPSA) is 134 Å². The molecule has 0 aromatic heterocycles. The van der Waals surface area contributed by atoms with E-state index in [0.29, 0.717) is 21.5 Å². The molecule has 1 amide bonds. The van der Waals surface area contributed by atoms with Gasteiger partial charge in [0.05, 0.1) is 18.6 Å². The number of piperazine rings is 1. The van der Waals surface area contributed by atoms with Gasteiger partial charge in [0.25, 0.3) is 0 Å². The fourth-order valence-electron chi connectivity index (χ4n) is 4.05. The monoisotopic (exact) mass is 514 g/mol. The van der Waals surface area contributed by atoms with Crippen molar-refractivity contribution in [3.63, 3.8) is 0 Å². The first-order chi connectivity index (χ1) is 16.6. The normalized spacial score (nSPS) is 15.7. The molecule has 0 radical (unpaired) electrons. The van der Waals surface area contributed by atoms with Crippen molar-refractivity contribution in [3.05, 3.63) is 76.8 Å². The molecule has 35 heavy (non-hydrogen) atoms. The molecule has 1 fully saturated rings. The van der Waals surface area contributed by atoms with Gasteiger partial charge < -0.3 is 15.4 Å². The molecule has 1 heterocycles. The van der Waals surface area contributed by atoms with E-state index < -0.39 is 34.5 Å². The van der Waals surface area contributed by atoms with Crippen LogP contribution in [0.1, 0.15) is 17.2 Å². The van der Waals surface area contributed by atoms with Crippen molar-refractivity contribution in [1.82, 2.24) is 9.21 Å². The molecule has 0 saturated carbocycles. The van der Waals surface area contributed by atoms with Crippen molar-refractivity contribution in [3.8, 4) is 0 Å². The van der Waals surface area contributed by atoms with Gasteiger partial charge in [0.1, 0.15) is 5.84 Å². The third kappa shape index (κ3) is 4.86. The predicted molar refractivity (Wildman–Crippen MR) is 132 cm³/mol. The van der Waals surface area contributed by atoms with Gasteiger partial charge in [-0.3, -0.25) is 10.2 Å². The smallest absolute Gasteiger partial charge is 0.333 e. The molecule has 1 atom stereocenters. The van der Waals surface area contributed by atoms with Gasteiger partial charge in [0.15, 0.2) is 6.04 Å². The summed E-state index contributed by atoms with van der Waals surface area (Å²) in [6.07, 6.45) is 0. The number of nitrogens with two attached hydrogens (primary N) is 1. The SMILES string of the molecule is COC(=O)C(c1ccc(C(=N)N)cc1)N1CCN(S(=O)(=O)c2ccc3cc(Cl)ccc3c2)CC1=O. The lowest BCUT2D eigenvalue weighted by atomic mass is 10.0. The fourth-order valence-corrected chi connectivity index (χ4v) is 5.64. The first-order valence-electron chi connectivity index (χ1n) is 10.6. The maximum absolute atomic E-state index is 13.3. The summed E-state index contributed by atoms with van der Waals surface area (Å²) >= 11 is 6.01. The molecule has 1 saturated heterocycles. The Labute approximate surface area is 207 Å². The minimum atomic E-state index is -3.95. The number of rotatable bonds is 6. The molecule has 0 bridgehead atoms. The quantitative estimate of drug-likeness (QED) is 0.295. The molecule has 1 unspecified atom stereocenters. The number of carbonyl (C=O) groups is 2. The fraction of sp³-hybridized carbons (Fsp3) is 0.208. The number of hydrogen-bond donors (Lipinski definition) is 2. The molecule has 4 rings (SSSR count). The standard InChI is InChI=1S/C24H23ClN4O5S/c1-34-24(31)22(15-2-4-16(5-3-15)23(26)27)29-11-10-28(14-21(29)30)35(32,33)20-9-7-17-12-19(25)8-6-18(17)13-20/h2-9,12-13,22H,10-11,14H2,1H3,(H3,26,27). The molecule has 1 aliphatic heterocycles. The molecule has 182 valence electrons. The van der Waals surface area contributed by atoms with Crippen LogP contribution in [0.5, 0.6) is 0 Å². The van der Waals surface area contributed by atoms with E-state index >= 15 is 0 Å². The highest BCUT2D eigenvalue weighted by Crippen LogP contribution is 2.28. The van der Waals surface area contributed by atoms with Crippen LogP contribution in [-0.4, -0.2) is 62.1 Å². The Kier molecular flexibility index (Phi) is 6.79. The predicted octanol–water partition coefficient (Wildman–Crippen LogP) is 2.52. The zero-order valence-corrected chi connectivity index (χ0v) is 20.3. The number of sulfonamides is 1. The Morgan fingerprint density at radius 1 is 1.06 bits per heavy atom. The minimum absolute atomic E-state index is 0.00449. The maximum atomic E-state index is 13.3. The summed E-state index contributed by atoms with van der Waals surface area (Å²) in [6, 6.07) is 15.1. The maximum Gasteiger partial charge on any atom is 0.333 e. The number of halogens is 1. The number of methoxy groups -OCH3 is 1. The van der Waals surface area contributed by atoms with Crippen molar-refractivity contribution in [2.45, 2.75) is 10.9 Å². The van der Waals surface area contributed by atoms with Crippen molar-refractivity contribution in [1.29, 1.82) is 5.41 Å². The molecule has 3 aromatic carbocycles. The first kappa shape index (κ1) is 24.6. The number of ether oxygens (including phenoxy) is 1. The van der Waals surface area contributed by atoms with E-state index in [-0.39, 0.29) is 23.8 Å². The van der Waals surface area contributed by atoms with Crippen molar-refractivity contribution in [2.75, 3.05) is 26.7 Å². The minimum Gasteiger partial charge on any atom is -0.467 e. The van der Waals surface area contributed by atoms with E-state index in [4.69, 9.17) is 27.5 Å². The summed E-state index contributed by atoms with van der Waals surface area (Å²) < 4.78 is 32.6. The lowest BCUT2D eigenvalue weighted by Gasteiger charge is -2.37. The summed E-state index contributed by atoms with van der Waals surface area (Å²) in [5.74, 6) is -1.31. The number of amides is 1. The average Bonchev–Trinajstić information content (AvgIpc) is 2.84. The van der Waals surface area contributed by atoms with Gasteiger partial charge in [-0.1, -0.05) is 48.0 Å². The molecule has 0 aliphatic carbocycles. The molecular weight excluding hydrogens is 492 g/mol. The van der Waals surface area contributed by atoms with E-state index in [2.05, 4.69) is 0 Å². The number of nitrogens with one attached hydrogen (secondary N) is 1. The molecule has 9 nitrogen and oxygen atoms in total. The summed E-state index contributed by atoms with van der Waals surface area (Å²) in [4.78, 5) is 27.1. The summed E-state index contributed by atoms with van der Waals surface area (Å²) in [5, 5.41) is 9.58. The number of nitrogens with zero attached hydrogens (tertiary/aromatic N) is 2. The second-order valence-corrected chi connectivity index (χ2v) is 10.4. The Hall–Kier alpha value is -3.47. The van der Waals surface area contributed by atoms with Crippen LogP contribution in [0.25, 0.3) is 10.8 Å². The van der Waals surface area contributed by atoms with E-state index in [0.717, 1.165) is 9.69 Å². The molecule has 0 spiro atoms. The summed E-state index contributed by atoms with van der Waals surface area (Å²) in [5.41, 5.74) is 6.43. The number of nitrogen functional groups attached to an aromatic ring is 1. The molecule has 11 heteroatoms. The number of fused-ring (bicyclic) bond motifs is 1. The van der Waals surface area contributed by atoms with Gasteiger partial charge in [-0.15, -0.1) is 0 Å². The third-order valence-corrected chi connectivity index (χ3v) is 7.98. The Morgan fingerprint density at radius 2 is 1.71 bits per heavy atom. The number of esters is 1. The second-order valence-electron chi connectivity index (χ2n) is 8.04. The van der Waals surface area contributed by atoms with Crippen LogP contribution in [0.4, 0.5) is 0 Å². The highest BCUT2D eigenvalue weighted by atomic mass is 35.5. The van der Waals surface area contributed by atoms with E-state index in [9.17, 15) is 18.0 Å². The largest absolute Gasteiger partial charge is 0.467 e. The van der Waals surface area contributed by atoms with E-state index in [1.165, 1.54) is 18.1 Å². The third-order valence-electron chi connectivity index (χ3n) is 5.91. The number of hydrogen-bond acceptors (Lipinski definition) is 6.